The molecule has 1 saturated carbocycles. The number of nitrogens with zero attached hydrogens (tertiary/aromatic N) is 1. The number of nitrogens with two attached hydrogens (primary N) is 1. The third kappa shape index (κ3) is 2.40. The maximum atomic E-state index is 5.89. The van der Waals surface area contributed by atoms with Crippen LogP contribution in [0.1, 0.15) is 27.2 Å². The molecule has 0 aromatic carbocycles. The molecule has 5 heteroatoms. The van der Waals surface area contributed by atoms with Gasteiger partial charge in [0.1, 0.15) is 5.82 Å². The Morgan fingerprint density at radius 3 is 2.89 bits per heavy atom. The summed E-state index contributed by atoms with van der Waals surface area (Å²) < 4.78 is 5.70. The van der Waals surface area contributed by atoms with Crippen molar-refractivity contribution in [2.45, 2.75) is 39.3 Å². The molecule has 1 fully saturated rings. The number of halogens is 1. The van der Waals surface area contributed by atoms with E-state index in [0.717, 1.165) is 13.0 Å². The van der Waals surface area contributed by atoms with Crippen molar-refractivity contribution < 1.29 is 4.74 Å². The van der Waals surface area contributed by atoms with Gasteiger partial charge in [-0.15, -0.1) is 0 Å². The largest absolute Gasteiger partial charge is 0.396 e. The quantitative estimate of drug-likeness (QED) is 0.882. The molecule has 1 aliphatic carbocycles. The smallest absolute Gasteiger partial charge is 0.149 e. The lowest BCUT2D eigenvalue weighted by atomic mass is 9.64. The Morgan fingerprint density at radius 2 is 2.33 bits per heavy atom. The molecule has 1 aromatic heterocycles. The van der Waals surface area contributed by atoms with Crippen LogP contribution in [-0.4, -0.2) is 23.7 Å². The molecule has 1 heterocycles. The topological polar surface area (TPSA) is 60.2 Å². The van der Waals surface area contributed by atoms with Crippen LogP contribution < -0.4 is 11.1 Å². The Kier molecular flexibility index (Phi) is 3.69. The predicted molar refractivity (Wildman–Crippen MR) is 74.9 cm³/mol. The monoisotopic (exact) mass is 269 g/mol. The Morgan fingerprint density at radius 1 is 1.61 bits per heavy atom. The summed E-state index contributed by atoms with van der Waals surface area (Å²) in [6.07, 6.45) is 2.88. The number of nitrogens with one attached hydrogen (secondary N) is 1. The first-order valence-corrected chi connectivity index (χ1v) is 6.62. The summed E-state index contributed by atoms with van der Waals surface area (Å²) in [7, 11) is 0. The van der Waals surface area contributed by atoms with E-state index in [1.54, 1.807) is 12.3 Å². The zero-order valence-corrected chi connectivity index (χ0v) is 11.8. The molecule has 1 aliphatic rings. The van der Waals surface area contributed by atoms with Crippen LogP contribution in [0.5, 0.6) is 0 Å². The van der Waals surface area contributed by atoms with E-state index in [-0.39, 0.29) is 5.41 Å². The first-order valence-electron chi connectivity index (χ1n) is 6.24. The zero-order chi connectivity index (χ0) is 13.3. The van der Waals surface area contributed by atoms with E-state index in [0.29, 0.717) is 28.7 Å². The second-order valence-corrected chi connectivity index (χ2v) is 5.73. The van der Waals surface area contributed by atoms with Crippen molar-refractivity contribution in [1.29, 1.82) is 0 Å². The van der Waals surface area contributed by atoms with Crippen LogP contribution in [0, 0.1) is 5.41 Å². The second kappa shape index (κ2) is 4.94. The molecule has 1 aromatic rings. The molecule has 0 saturated heterocycles. The highest BCUT2D eigenvalue weighted by Crippen LogP contribution is 2.44. The highest BCUT2D eigenvalue weighted by molar-refractivity contribution is 6.30. The molecule has 2 atom stereocenters. The van der Waals surface area contributed by atoms with Crippen molar-refractivity contribution in [2.24, 2.45) is 5.41 Å². The van der Waals surface area contributed by atoms with Crippen LogP contribution in [0.4, 0.5) is 11.5 Å². The fourth-order valence-electron chi connectivity index (χ4n) is 2.35. The Labute approximate surface area is 113 Å². The number of hydrogen-bond donors (Lipinski definition) is 2. The van der Waals surface area contributed by atoms with Crippen molar-refractivity contribution in [3.63, 3.8) is 0 Å². The van der Waals surface area contributed by atoms with E-state index in [9.17, 15) is 0 Å². The normalized spacial score (nSPS) is 25.6. The standard InChI is InChI=1S/C13H20ClN3O/c1-4-18-11-6-10(13(11,2)3)17-12-9(15)5-8(14)7-16-12/h5,7,10-11H,4,6,15H2,1-3H3,(H,16,17). The van der Waals surface area contributed by atoms with Gasteiger partial charge in [0.25, 0.3) is 0 Å². The highest BCUT2D eigenvalue weighted by atomic mass is 35.5. The second-order valence-electron chi connectivity index (χ2n) is 5.29. The van der Waals surface area contributed by atoms with E-state index in [1.165, 1.54) is 0 Å². The van der Waals surface area contributed by atoms with Crippen LogP contribution in [-0.2, 0) is 4.74 Å². The van der Waals surface area contributed by atoms with Crippen LogP contribution in [0.2, 0.25) is 5.02 Å². The Hall–Kier alpha value is -1.00. The number of aromatic nitrogens is 1. The molecule has 0 spiro atoms. The van der Waals surface area contributed by atoms with Crippen molar-refractivity contribution >= 4 is 23.1 Å². The van der Waals surface area contributed by atoms with Crippen molar-refractivity contribution in [1.82, 2.24) is 4.98 Å². The number of rotatable bonds is 4. The minimum Gasteiger partial charge on any atom is -0.396 e. The van der Waals surface area contributed by atoms with Gasteiger partial charge >= 0.3 is 0 Å². The van der Waals surface area contributed by atoms with E-state index in [1.807, 2.05) is 6.92 Å². The molecular weight excluding hydrogens is 250 g/mol. The lowest BCUT2D eigenvalue weighted by molar-refractivity contribution is -0.0976. The average molecular weight is 270 g/mol. The van der Waals surface area contributed by atoms with Crippen LogP contribution in [0.25, 0.3) is 0 Å². The van der Waals surface area contributed by atoms with Crippen LogP contribution in [0.3, 0.4) is 0 Å². The fourth-order valence-corrected chi connectivity index (χ4v) is 2.52. The van der Waals surface area contributed by atoms with Gasteiger partial charge in [-0.2, -0.15) is 0 Å². The lowest BCUT2D eigenvalue weighted by Gasteiger charge is -2.51. The molecule has 0 amide bonds. The third-order valence-corrected chi connectivity index (χ3v) is 3.95. The molecule has 3 N–H and O–H groups in total. The van der Waals surface area contributed by atoms with Gasteiger partial charge in [-0.05, 0) is 19.4 Å². The molecule has 0 aliphatic heterocycles. The lowest BCUT2D eigenvalue weighted by Crippen LogP contribution is -2.58. The summed E-state index contributed by atoms with van der Waals surface area (Å²) in [6, 6.07) is 2.03. The van der Waals surface area contributed by atoms with E-state index in [4.69, 9.17) is 22.1 Å². The van der Waals surface area contributed by atoms with Crippen LogP contribution >= 0.6 is 11.6 Å². The number of hydrogen-bond acceptors (Lipinski definition) is 4. The maximum Gasteiger partial charge on any atom is 0.149 e. The number of nitrogen functional groups attached to an aromatic ring is 1. The summed E-state index contributed by atoms with van der Waals surface area (Å²) in [4.78, 5) is 4.23. The van der Waals surface area contributed by atoms with Crippen LogP contribution in [0.15, 0.2) is 12.3 Å². The van der Waals surface area contributed by atoms with Crippen molar-refractivity contribution in [3.05, 3.63) is 17.3 Å². The Bertz CT molecular complexity index is 436. The van der Waals surface area contributed by atoms with E-state index < -0.39 is 0 Å². The molecule has 0 radical (unpaired) electrons. The first kappa shape index (κ1) is 13.4. The van der Waals surface area contributed by atoms with Gasteiger partial charge in [0.2, 0.25) is 0 Å². The van der Waals surface area contributed by atoms with Gasteiger partial charge in [0.05, 0.1) is 16.8 Å². The SMILES string of the molecule is CCOC1CC(Nc2ncc(Cl)cc2N)C1(C)C. The molecule has 100 valence electrons. The summed E-state index contributed by atoms with van der Waals surface area (Å²) in [5.41, 5.74) is 6.56. The molecule has 2 unspecified atom stereocenters. The highest BCUT2D eigenvalue weighted by Gasteiger charge is 2.49. The predicted octanol–water partition coefficient (Wildman–Crippen LogP) is 2.93. The van der Waals surface area contributed by atoms with Crippen molar-refractivity contribution in [3.8, 4) is 0 Å². The maximum absolute atomic E-state index is 5.89. The van der Waals surface area contributed by atoms with E-state index in [2.05, 4.69) is 24.1 Å². The fraction of sp³-hybridized carbons (Fsp3) is 0.615. The molecule has 0 bridgehead atoms. The first-order chi connectivity index (χ1) is 8.45. The number of ether oxygens (including phenoxy) is 1. The molecular formula is C13H20ClN3O. The zero-order valence-electron chi connectivity index (χ0n) is 11.0. The van der Waals surface area contributed by atoms with Gasteiger partial charge in [-0.25, -0.2) is 4.98 Å². The van der Waals surface area contributed by atoms with Gasteiger partial charge in [-0.1, -0.05) is 25.4 Å². The van der Waals surface area contributed by atoms with Gasteiger partial charge < -0.3 is 15.8 Å². The summed E-state index contributed by atoms with van der Waals surface area (Å²) >= 11 is 5.83. The summed E-state index contributed by atoms with van der Waals surface area (Å²) in [5, 5.41) is 3.93. The minimum atomic E-state index is 0.0871. The molecule has 2 rings (SSSR count). The molecule has 18 heavy (non-hydrogen) atoms. The third-order valence-electron chi connectivity index (χ3n) is 3.74. The summed E-state index contributed by atoms with van der Waals surface area (Å²) in [5.74, 6) is 0.701. The molecule has 4 nitrogen and oxygen atoms in total. The summed E-state index contributed by atoms with van der Waals surface area (Å²) in [6.45, 7) is 7.17. The van der Waals surface area contributed by atoms with Crippen molar-refractivity contribution in [2.75, 3.05) is 17.7 Å². The van der Waals surface area contributed by atoms with E-state index >= 15 is 0 Å². The minimum absolute atomic E-state index is 0.0871. The van der Waals surface area contributed by atoms with Gasteiger partial charge in [0.15, 0.2) is 0 Å². The van der Waals surface area contributed by atoms with Gasteiger partial charge in [-0.3, -0.25) is 0 Å². The number of anilines is 2. The average Bonchev–Trinajstić information content (AvgIpc) is 2.30. The van der Waals surface area contributed by atoms with Gasteiger partial charge in [0, 0.05) is 24.3 Å². The number of pyridine rings is 1. The Balaban J connectivity index is 2.03.